The number of ether oxygens (including phenoxy) is 3. The van der Waals surface area contributed by atoms with Crippen molar-refractivity contribution in [1.29, 1.82) is 0 Å². The molecular formula is C38H52B2O6. The molecule has 6 nitrogen and oxygen atoms in total. The van der Waals surface area contributed by atoms with Gasteiger partial charge in [0.2, 0.25) is 5.43 Å². The highest BCUT2D eigenvalue weighted by molar-refractivity contribution is 6.08. The van der Waals surface area contributed by atoms with Gasteiger partial charge in [-0.2, -0.15) is 0 Å². The van der Waals surface area contributed by atoms with Crippen LogP contribution in [0.5, 0.6) is 23.0 Å². The summed E-state index contributed by atoms with van der Waals surface area (Å²) < 4.78 is 24.8. The van der Waals surface area contributed by atoms with E-state index in [-0.39, 0.29) is 22.1 Å². The van der Waals surface area contributed by atoms with Gasteiger partial charge in [0.1, 0.15) is 28.1 Å². The molecule has 3 aromatic rings. The molecule has 0 bridgehead atoms. The molecule has 0 saturated carbocycles. The van der Waals surface area contributed by atoms with Crippen LogP contribution in [0.4, 0.5) is 0 Å². The predicted molar refractivity (Wildman–Crippen MR) is 193 cm³/mol. The van der Waals surface area contributed by atoms with E-state index in [9.17, 15) is 9.90 Å². The maximum absolute atomic E-state index is 14.3. The van der Waals surface area contributed by atoms with Crippen molar-refractivity contribution in [2.24, 2.45) is 0 Å². The topological polar surface area (TPSA) is 78.1 Å². The first-order valence-electron chi connectivity index (χ1n) is 17.0. The molecule has 2 aromatic carbocycles. The van der Waals surface area contributed by atoms with Gasteiger partial charge < -0.3 is 23.7 Å². The Hall–Kier alpha value is -3.28. The average Bonchev–Trinajstić information content (AvgIpc) is 3.01. The van der Waals surface area contributed by atoms with Crippen LogP contribution >= 0.6 is 0 Å². The van der Waals surface area contributed by atoms with Crippen LogP contribution in [0.2, 0.25) is 12.6 Å². The van der Waals surface area contributed by atoms with Crippen LogP contribution in [0.3, 0.4) is 0 Å². The van der Waals surface area contributed by atoms with E-state index >= 15 is 0 Å². The largest absolute Gasteiger partial charge is 0.507 e. The number of hydrogen-bond acceptors (Lipinski definition) is 6. The van der Waals surface area contributed by atoms with Crippen LogP contribution in [-0.2, 0) is 12.8 Å². The number of rotatable bonds is 21. The second-order valence-corrected chi connectivity index (χ2v) is 12.5. The normalized spacial score (nSPS) is 11.2. The van der Waals surface area contributed by atoms with Crippen molar-refractivity contribution >= 4 is 37.6 Å². The number of phenols is 1. The summed E-state index contributed by atoms with van der Waals surface area (Å²) in [4.78, 5) is 14.3. The Balaban J connectivity index is 2.10. The van der Waals surface area contributed by atoms with E-state index in [2.05, 4.69) is 6.08 Å². The molecule has 46 heavy (non-hydrogen) atoms. The molecule has 246 valence electrons. The lowest BCUT2D eigenvalue weighted by atomic mass is 9.98. The van der Waals surface area contributed by atoms with E-state index in [0.29, 0.717) is 71.7 Å². The number of hydrogen-bond donors (Lipinski definition) is 1. The number of allylic oxidation sites excluding steroid dienone is 4. The molecule has 4 radical (unpaired) electrons. The molecule has 1 N–H and O–H groups in total. The van der Waals surface area contributed by atoms with Gasteiger partial charge in [-0.1, -0.05) is 87.3 Å². The summed E-state index contributed by atoms with van der Waals surface area (Å²) in [6.07, 6.45) is 16.8. The lowest BCUT2D eigenvalue weighted by molar-refractivity contribution is 0.284. The van der Waals surface area contributed by atoms with Gasteiger partial charge >= 0.3 is 0 Å². The van der Waals surface area contributed by atoms with Gasteiger partial charge in [0.25, 0.3) is 0 Å². The highest BCUT2D eigenvalue weighted by Gasteiger charge is 2.24. The van der Waals surface area contributed by atoms with E-state index in [0.717, 1.165) is 81.7 Å². The minimum absolute atomic E-state index is 0.106. The molecule has 0 aliphatic carbocycles. The smallest absolute Gasteiger partial charge is 0.204 e. The minimum atomic E-state index is -0.305. The van der Waals surface area contributed by atoms with Crippen LogP contribution < -0.4 is 19.6 Å². The summed E-state index contributed by atoms with van der Waals surface area (Å²) in [6.45, 7) is 9.06. The fourth-order valence-corrected chi connectivity index (χ4v) is 5.59. The fourth-order valence-electron chi connectivity index (χ4n) is 5.59. The molecule has 0 fully saturated rings. The Morgan fingerprint density at radius 2 is 1.20 bits per heavy atom. The van der Waals surface area contributed by atoms with Gasteiger partial charge in [-0.15, -0.1) is 0 Å². The van der Waals surface area contributed by atoms with E-state index in [4.69, 9.17) is 34.3 Å². The van der Waals surface area contributed by atoms with E-state index in [1.165, 1.54) is 0 Å². The Bertz CT molecular complexity index is 1530. The van der Waals surface area contributed by atoms with Crippen molar-refractivity contribution in [3.05, 3.63) is 56.8 Å². The zero-order valence-corrected chi connectivity index (χ0v) is 28.8. The molecule has 0 aliphatic heterocycles. The van der Waals surface area contributed by atoms with Crippen molar-refractivity contribution in [3.63, 3.8) is 0 Å². The third-order valence-corrected chi connectivity index (χ3v) is 8.16. The van der Waals surface area contributed by atoms with Crippen LogP contribution in [0.15, 0.2) is 44.6 Å². The molecule has 3 rings (SSSR count). The number of unbranched alkanes of at least 4 members (excludes halogenated alkanes) is 8. The standard InChI is InChI=1S/C38H52B2O6/c1-26(2)16-18-28-30(44-22-14-10-6-8-12-20-39)24-32-35(36(28)41)37(42)34-29(19-17-27(3)4)38(43-5)33(25-31(34)46-32)45-23-15-11-7-9-13-21-40/h16-17,24-25,41H,6-15,18-23H2,1-5H3. The first-order chi connectivity index (χ1) is 22.2. The van der Waals surface area contributed by atoms with Gasteiger partial charge in [-0.05, 0) is 53.4 Å². The molecule has 0 atom stereocenters. The molecular weight excluding hydrogens is 574 g/mol. The van der Waals surface area contributed by atoms with E-state index < -0.39 is 0 Å². The monoisotopic (exact) mass is 626 g/mol. The summed E-state index contributed by atoms with van der Waals surface area (Å²) in [5.74, 6) is 1.46. The summed E-state index contributed by atoms with van der Waals surface area (Å²) in [5, 5.41) is 12.2. The van der Waals surface area contributed by atoms with Crippen LogP contribution in [-0.4, -0.2) is 41.1 Å². The fraction of sp³-hybridized carbons (Fsp3) is 0.553. The molecule has 0 aliphatic rings. The molecule has 0 unspecified atom stereocenters. The number of aromatic hydroxyl groups is 1. The maximum atomic E-state index is 14.3. The first-order valence-corrected chi connectivity index (χ1v) is 17.0. The van der Waals surface area contributed by atoms with E-state index in [1.54, 1.807) is 19.2 Å². The van der Waals surface area contributed by atoms with Gasteiger partial charge in [-0.25, -0.2) is 0 Å². The molecule has 8 heteroatoms. The van der Waals surface area contributed by atoms with Crippen molar-refractivity contribution in [1.82, 2.24) is 0 Å². The third-order valence-electron chi connectivity index (χ3n) is 8.16. The summed E-state index contributed by atoms with van der Waals surface area (Å²) >= 11 is 0. The first kappa shape index (κ1) is 37.2. The van der Waals surface area contributed by atoms with E-state index in [1.807, 2.05) is 33.8 Å². The van der Waals surface area contributed by atoms with Crippen molar-refractivity contribution < 1.29 is 23.7 Å². The number of fused-ring (bicyclic) bond motifs is 2. The molecule has 0 saturated heterocycles. The Morgan fingerprint density at radius 3 is 1.74 bits per heavy atom. The quantitative estimate of drug-likeness (QED) is 0.0549. The molecule has 0 amide bonds. The van der Waals surface area contributed by atoms with Crippen LogP contribution in [0, 0.1) is 0 Å². The number of benzene rings is 2. The van der Waals surface area contributed by atoms with Gasteiger partial charge in [0.15, 0.2) is 11.5 Å². The second kappa shape index (κ2) is 19.4. The SMILES string of the molecule is [B]CCCCCCCOc1cc2oc3cc(OCCCCCCC[B])c(OC)c(CC=C(C)C)c3c(=O)c2c(O)c1CC=C(C)C. The Morgan fingerprint density at radius 1 is 0.717 bits per heavy atom. The molecule has 1 aromatic heterocycles. The summed E-state index contributed by atoms with van der Waals surface area (Å²) in [5.41, 5.74) is 3.82. The zero-order chi connectivity index (χ0) is 33.5. The van der Waals surface area contributed by atoms with Crippen molar-refractivity contribution in [2.75, 3.05) is 20.3 Å². The van der Waals surface area contributed by atoms with Gasteiger partial charge in [0.05, 0.1) is 41.4 Å². The summed E-state index contributed by atoms with van der Waals surface area (Å²) in [6, 6.07) is 3.49. The maximum Gasteiger partial charge on any atom is 0.204 e. The van der Waals surface area contributed by atoms with Gasteiger partial charge in [0, 0.05) is 23.3 Å². The number of methoxy groups -OCH3 is 1. The average molecular weight is 626 g/mol. The van der Waals surface area contributed by atoms with Gasteiger partial charge in [-0.3, -0.25) is 4.79 Å². The second-order valence-electron chi connectivity index (χ2n) is 12.5. The molecule has 1 heterocycles. The third kappa shape index (κ3) is 10.4. The highest BCUT2D eigenvalue weighted by atomic mass is 16.5. The Kier molecular flexibility index (Phi) is 15.7. The summed E-state index contributed by atoms with van der Waals surface area (Å²) in [7, 11) is 12.8. The zero-order valence-electron chi connectivity index (χ0n) is 28.8. The highest BCUT2D eigenvalue weighted by Crippen LogP contribution is 2.41. The van der Waals surface area contributed by atoms with Crippen molar-refractivity contribution in [3.8, 4) is 23.0 Å². The predicted octanol–water partition coefficient (Wildman–Crippen LogP) is 9.51. The minimum Gasteiger partial charge on any atom is -0.507 e. The van der Waals surface area contributed by atoms with Crippen LogP contribution in [0.25, 0.3) is 21.9 Å². The van der Waals surface area contributed by atoms with Crippen molar-refractivity contribution in [2.45, 2.75) is 117 Å². The number of phenolic OH excluding ortho intramolecular Hbond substituents is 1. The lowest BCUT2D eigenvalue weighted by Gasteiger charge is -2.18. The van der Waals surface area contributed by atoms with Crippen LogP contribution in [0.1, 0.15) is 103 Å². The lowest BCUT2D eigenvalue weighted by Crippen LogP contribution is -2.10. The molecule has 0 spiro atoms. The Labute approximate surface area is 278 Å².